The van der Waals surface area contributed by atoms with E-state index in [9.17, 15) is 5.11 Å². The average Bonchev–Trinajstić information content (AvgIpc) is 2.46. The number of aromatic amines is 1. The van der Waals surface area contributed by atoms with Crippen molar-refractivity contribution in [2.24, 2.45) is 0 Å². The van der Waals surface area contributed by atoms with Gasteiger partial charge in [-0.3, -0.25) is 0 Å². The first kappa shape index (κ1) is 9.56. The molecule has 0 amide bonds. The Bertz CT molecular complexity index is 473. The molecule has 1 atom stereocenters. The molecule has 0 saturated heterocycles. The number of nitrogens with one attached hydrogen (secondary N) is 1. The Morgan fingerprint density at radius 1 is 1.43 bits per heavy atom. The van der Waals surface area contributed by atoms with Crippen molar-refractivity contribution < 1.29 is 5.11 Å². The highest BCUT2D eigenvalue weighted by Crippen LogP contribution is 2.31. The Kier molecular flexibility index (Phi) is 2.25. The summed E-state index contributed by atoms with van der Waals surface area (Å²) < 4.78 is 0. The number of aromatic nitrogens is 1. The minimum absolute atomic E-state index is 0.526. The van der Waals surface area contributed by atoms with Crippen molar-refractivity contribution in [2.45, 2.75) is 20.0 Å². The highest BCUT2D eigenvalue weighted by molar-refractivity contribution is 6.36. The third-order valence-electron chi connectivity index (χ3n) is 2.35. The van der Waals surface area contributed by atoms with Gasteiger partial charge in [0.2, 0.25) is 0 Å². The number of halogens is 1. The molecular formula is C11H12ClNO. The number of hydrogen-bond donors (Lipinski definition) is 2. The number of aliphatic hydroxyl groups excluding tert-OH is 1. The molecule has 0 radical (unpaired) electrons. The zero-order valence-corrected chi connectivity index (χ0v) is 8.89. The van der Waals surface area contributed by atoms with E-state index in [2.05, 4.69) is 4.98 Å². The van der Waals surface area contributed by atoms with Crippen LogP contribution in [-0.4, -0.2) is 10.1 Å². The Hall–Kier alpha value is -0.990. The molecule has 0 bridgehead atoms. The number of H-pyrrole nitrogens is 1. The predicted molar refractivity (Wildman–Crippen MR) is 58.7 cm³/mol. The summed E-state index contributed by atoms with van der Waals surface area (Å²) in [6, 6.07) is 5.78. The van der Waals surface area contributed by atoms with E-state index in [4.69, 9.17) is 11.6 Å². The number of aliphatic hydroxyl groups is 1. The highest BCUT2D eigenvalue weighted by atomic mass is 35.5. The Morgan fingerprint density at radius 2 is 2.14 bits per heavy atom. The van der Waals surface area contributed by atoms with Gasteiger partial charge in [-0.05, 0) is 31.5 Å². The van der Waals surface area contributed by atoms with Crippen LogP contribution >= 0.6 is 11.6 Å². The van der Waals surface area contributed by atoms with Gasteiger partial charge in [0.05, 0.1) is 11.1 Å². The quantitative estimate of drug-likeness (QED) is 0.744. The second-order valence-corrected chi connectivity index (χ2v) is 3.94. The molecule has 2 nitrogen and oxygen atoms in total. The lowest BCUT2D eigenvalue weighted by molar-refractivity contribution is 0.199. The van der Waals surface area contributed by atoms with Crippen molar-refractivity contribution >= 4 is 22.5 Å². The van der Waals surface area contributed by atoms with Crippen molar-refractivity contribution in [3.8, 4) is 0 Å². The molecule has 74 valence electrons. The van der Waals surface area contributed by atoms with Crippen LogP contribution in [0.1, 0.15) is 24.3 Å². The van der Waals surface area contributed by atoms with Crippen LogP contribution in [0, 0.1) is 6.92 Å². The number of benzene rings is 1. The van der Waals surface area contributed by atoms with E-state index in [-0.39, 0.29) is 0 Å². The topological polar surface area (TPSA) is 36.0 Å². The molecule has 1 unspecified atom stereocenters. The molecule has 2 rings (SSSR count). The molecule has 2 aromatic rings. The Labute approximate surface area is 87.5 Å². The number of aryl methyl sites for hydroxylation is 1. The number of hydrogen-bond acceptors (Lipinski definition) is 1. The van der Waals surface area contributed by atoms with Crippen molar-refractivity contribution in [1.29, 1.82) is 0 Å². The highest BCUT2D eigenvalue weighted by Gasteiger charge is 2.10. The fourth-order valence-electron chi connectivity index (χ4n) is 1.65. The minimum Gasteiger partial charge on any atom is -0.389 e. The normalized spacial score (nSPS) is 13.4. The molecule has 0 aliphatic heterocycles. The third kappa shape index (κ3) is 1.41. The van der Waals surface area contributed by atoms with Gasteiger partial charge in [-0.25, -0.2) is 0 Å². The molecule has 0 aliphatic rings. The smallest absolute Gasteiger partial charge is 0.0776 e. The zero-order chi connectivity index (χ0) is 10.3. The monoisotopic (exact) mass is 209 g/mol. The van der Waals surface area contributed by atoms with Crippen LogP contribution in [0.3, 0.4) is 0 Å². The molecule has 0 saturated carbocycles. The van der Waals surface area contributed by atoms with Crippen LogP contribution in [0.5, 0.6) is 0 Å². The lowest BCUT2D eigenvalue weighted by atomic mass is 10.1. The fraction of sp³-hybridized carbons (Fsp3) is 0.273. The summed E-state index contributed by atoms with van der Waals surface area (Å²) in [5.41, 5.74) is 2.86. The predicted octanol–water partition coefficient (Wildman–Crippen LogP) is 3.18. The Morgan fingerprint density at radius 3 is 2.79 bits per heavy atom. The molecule has 14 heavy (non-hydrogen) atoms. The van der Waals surface area contributed by atoms with Gasteiger partial charge in [0.15, 0.2) is 0 Å². The maximum atomic E-state index is 9.48. The molecule has 0 spiro atoms. The largest absolute Gasteiger partial charge is 0.389 e. The Balaban J connectivity index is 2.74. The first-order valence-corrected chi connectivity index (χ1v) is 4.93. The number of fused-ring (bicyclic) bond motifs is 1. The van der Waals surface area contributed by atoms with Gasteiger partial charge in [0.1, 0.15) is 0 Å². The molecule has 3 heteroatoms. The van der Waals surface area contributed by atoms with E-state index in [1.807, 2.05) is 25.1 Å². The van der Waals surface area contributed by atoms with E-state index in [1.165, 1.54) is 0 Å². The second-order valence-electron chi connectivity index (χ2n) is 3.56. The van der Waals surface area contributed by atoms with Gasteiger partial charge in [0, 0.05) is 16.6 Å². The summed E-state index contributed by atoms with van der Waals surface area (Å²) in [5.74, 6) is 0. The molecule has 1 heterocycles. The summed E-state index contributed by atoms with van der Waals surface area (Å²) in [5, 5.41) is 11.1. The third-order valence-corrected chi connectivity index (χ3v) is 2.77. The first-order chi connectivity index (χ1) is 6.59. The van der Waals surface area contributed by atoms with Crippen LogP contribution in [0.15, 0.2) is 18.2 Å². The summed E-state index contributed by atoms with van der Waals surface area (Å²) in [6.07, 6.45) is -0.526. The molecule has 1 aromatic heterocycles. The maximum absolute atomic E-state index is 9.48. The van der Waals surface area contributed by atoms with Crippen molar-refractivity contribution in [3.05, 3.63) is 34.5 Å². The lowest BCUT2D eigenvalue weighted by Crippen LogP contribution is -1.91. The molecule has 0 fully saturated rings. The van der Waals surface area contributed by atoms with E-state index < -0.39 is 6.10 Å². The zero-order valence-electron chi connectivity index (χ0n) is 8.13. The van der Waals surface area contributed by atoms with Crippen LogP contribution in [0.25, 0.3) is 10.9 Å². The van der Waals surface area contributed by atoms with Crippen molar-refractivity contribution in [3.63, 3.8) is 0 Å². The van der Waals surface area contributed by atoms with Crippen molar-refractivity contribution in [2.75, 3.05) is 0 Å². The number of rotatable bonds is 1. The summed E-state index contributed by atoms with van der Waals surface area (Å²) in [7, 11) is 0. The van der Waals surface area contributed by atoms with Gasteiger partial charge in [-0.2, -0.15) is 0 Å². The maximum Gasteiger partial charge on any atom is 0.0776 e. The summed E-state index contributed by atoms with van der Waals surface area (Å²) in [4.78, 5) is 3.20. The SMILES string of the molecule is Cc1cc2c(Cl)c(C(C)O)ccc2[nH]1. The van der Waals surface area contributed by atoms with Gasteiger partial charge >= 0.3 is 0 Å². The lowest BCUT2D eigenvalue weighted by Gasteiger charge is -2.07. The van der Waals surface area contributed by atoms with Crippen LogP contribution < -0.4 is 0 Å². The average molecular weight is 210 g/mol. The van der Waals surface area contributed by atoms with Crippen LogP contribution in [-0.2, 0) is 0 Å². The molecule has 2 N–H and O–H groups in total. The van der Waals surface area contributed by atoms with Crippen LogP contribution in [0.4, 0.5) is 0 Å². The van der Waals surface area contributed by atoms with E-state index in [0.717, 1.165) is 22.2 Å². The van der Waals surface area contributed by atoms with E-state index >= 15 is 0 Å². The fourth-order valence-corrected chi connectivity index (χ4v) is 2.02. The van der Waals surface area contributed by atoms with E-state index in [0.29, 0.717) is 5.02 Å². The molecular weight excluding hydrogens is 198 g/mol. The summed E-state index contributed by atoms with van der Waals surface area (Å²) >= 11 is 6.17. The van der Waals surface area contributed by atoms with Gasteiger partial charge < -0.3 is 10.1 Å². The molecule has 0 aliphatic carbocycles. The van der Waals surface area contributed by atoms with Gasteiger partial charge in [-0.15, -0.1) is 0 Å². The second kappa shape index (κ2) is 3.30. The van der Waals surface area contributed by atoms with Crippen LogP contribution in [0.2, 0.25) is 5.02 Å². The van der Waals surface area contributed by atoms with E-state index in [1.54, 1.807) is 6.92 Å². The van der Waals surface area contributed by atoms with Gasteiger partial charge in [0.25, 0.3) is 0 Å². The van der Waals surface area contributed by atoms with Gasteiger partial charge in [-0.1, -0.05) is 17.7 Å². The minimum atomic E-state index is -0.526. The van der Waals surface area contributed by atoms with Crippen molar-refractivity contribution in [1.82, 2.24) is 4.98 Å². The molecule has 1 aromatic carbocycles. The first-order valence-electron chi connectivity index (χ1n) is 4.55. The summed E-state index contributed by atoms with van der Waals surface area (Å²) in [6.45, 7) is 3.70. The standard InChI is InChI=1S/C11H12ClNO/c1-6-5-9-10(13-6)4-3-8(7(2)14)11(9)12/h3-5,7,13-14H,1-2H3.